The molecule has 0 aromatic heterocycles. The van der Waals surface area contributed by atoms with Gasteiger partial charge in [0.05, 0.1) is 6.61 Å². The number of hydrogen-bond acceptors (Lipinski definition) is 3. The smallest absolute Gasteiger partial charge is 0.159 e. The van der Waals surface area contributed by atoms with Crippen molar-refractivity contribution in [2.45, 2.75) is 52.8 Å². The number of unbranched alkanes of at least 4 members (excludes halogenated alkanes) is 1. The van der Waals surface area contributed by atoms with Gasteiger partial charge in [0.2, 0.25) is 0 Å². The Bertz CT molecular complexity index is 204. The van der Waals surface area contributed by atoms with Gasteiger partial charge in [0.15, 0.2) is 5.05 Å². The molecule has 0 bridgehead atoms. The molecule has 0 unspecified atom stereocenters. The number of ether oxygens (including phenoxy) is 1. The van der Waals surface area contributed by atoms with Crippen LogP contribution < -0.4 is 0 Å². The predicted molar refractivity (Wildman–Crippen MR) is 78.7 cm³/mol. The normalized spacial score (nSPS) is 11.9. The lowest BCUT2D eigenvalue weighted by atomic mass is 10.2. The zero-order valence-corrected chi connectivity index (χ0v) is 13.3. The molecule has 2 nitrogen and oxygen atoms in total. The van der Waals surface area contributed by atoms with E-state index in [1.54, 1.807) is 0 Å². The van der Waals surface area contributed by atoms with E-state index in [1.165, 1.54) is 19.5 Å². The number of rotatable bonds is 8. The van der Waals surface area contributed by atoms with Crippen LogP contribution >= 0.6 is 12.2 Å². The maximum absolute atomic E-state index is 5.27. The minimum absolute atomic E-state index is 0.703. The van der Waals surface area contributed by atoms with Crippen molar-refractivity contribution in [3.05, 3.63) is 0 Å². The van der Waals surface area contributed by atoms with Gasteiger partial charge in [0, 0.05) is 6.42 Å². The van der Waals surface area contributed by atoms with Crippen molar-refractivity contribution < 1.29 is 4.74 Å². The third-order valence-corrected chi connectivity index (χ3v) is 5.45. The van der Waals surface area contributed by atoms with Gasteiger partial charge in [-0.1, -0.05) is 26.6 Å². The monoisotopic (exact) mass is 261 g/mol. The van der Waals surface area contributed by atoms with Gasteiger partial charge < -0.3 is 9.30 Å². The van der Waals surface area contributed by atoms with Crippen LogP contribution in [0.25, 0.3) is 0 Å². The zero-order chi connectivity index (χ0) is 12.6. The first kappa shape index (κ1) is 16.1. The summed E-state index contributed by atoms with van der Waals surface area (Å²) in [4.78, 5) is 0. The van der Waals surface area contributed by atoms with Gasteiger partial charge in [-0.15, -0.1) is 0 Å². The second-order valence-corrected chi connectivity index (χ2v) is 10.4. The molecule has 0 saturated carbocycles. The van der Waals surface area contributed by atoms with E-state index in [0.717, 1.165) is 17.9 Å². The van der Waals surface area contributed by atoms with E-state index in [4.69, 9.17) is 17.0 Å². The van der Waals surface area contributed by atoms with Gasteiger partial charge >= 0.3 is 0 Å². The minimum atomic E-state index is -1.11. The van der Waals surface area contributed by atoms with Crippen LogP contribution in [0.1, 0.15) is 33.1 Å². The van der Waals surface area contributed by atoms with Crippen LogP contribution in [0.5, 0.6) is 0 Å². The summed E-state index contributed by atoms with van der Waals surface area (Å²) < 4.78 is 7.90. The molecule has 0 rings (SSSR count). The topological polar surface area (TPSA) is 12.5 Å². The molecule has 0 amide bonds. The first-order valence-corrected chi connectivity index (χ1v) is 10.2. The molecule has 0 heterocycles. The summed E-state index contributed by atoms with van der Waals surface area (Å²) in [7, 11) is -1.11. The van der Waals surface area contributed by atoms with Gasteiger partial charge in [-0.3, -0.25) is 0 Å². The van der Waals surface area contributed by atoms with Gasteiger partial charge in [-0.25, -0.2) is 0 Å². The molecule has 16 heavy (non-hydrogen) atoms. The zero-order valence-electron chi connectivity index (χ0n) is 11.5. The lowest BCUT2D eigenvalue weighted by Crippen LogP contribution is -2.46. The Hall–Kier alpha value is 0.0669. The number of hydrogen-bond donors (Lipinski definition) is 0. The molecule has 0 aliphatic carbocycles. The largest absolute Gasteiger partial charge is 0.487 e. The van der Waals surface area contributed by atoms with Gasteiger partial charge in [-0.2, -0.15) is 0 Å². The van der Waals surface area contributed by atoms with Crippen LogP contribution in [-0.2, 0) is 4.74 Å². The second kappa shape index (κ2) is 8.20. The maximum atomic E-state index is 5.27. The number of nitrogens with zero attached hydrogens (tertiary/aromatic N) is 1. The molecule has 4 heteroatoms. The van der Waals surface area contributed by atoms with E-state index in [9.17, 15) is 0 Å². The van der Waals surface area contributed by atoms with Crippen molar-refractivity contribution in [2.24, 2.45) is 0 Å². The summed E-state index contributed by atoms with van der Waals surface area (Å²) in [6.07, 6.45) is 3.32. The highest BCUT2D eigenvalue weighted by Crippen LogP contribution is 2.11. The van der Waals surface area contributed by atoms with Crippen molar-refractivity contribution in [2.75, 3.05) is 19.7 Å². The van der Waals surface area contributed by atoms with Crippen LogP contribution in [0.3, 0.4) is 0 Å². The lowest BCUT2D eigenvalue weighted by molar-refractivity contribution is 0.324. The van der Waals surface area contributed by atoms with Crippen LogP contribution in [0.15, 0.2) is 0 Å². The summed E-state index contributed by atoms with van der Waals surface area (Å²) >= 11 is 5.11. The fraction of sp³-hybridized carbons (Fsp3) is 0.917. The molecular formula is C12H27NOSSi. The highest BCUT2D eigenvalue weighted by Gasteiger charge is 2.21. The van der Waals surface area contributed by atoms with E-state index < -0.39 is 8.24 Å². The molecule has 0 saturated heterocycles. The summed E-state index contributed by atoms with van der Waals surface area (Å²) in [6, 6.07) is 0. The Morgan fingerprint density at radius 3 is 2.25 bits per heavy atom. The van der Waals surface area contributed by atoms with Crippen LogP contribution in [-0.4, -0.2) is 37.5 Å². The molecule has 0 atom stereocenters. The van der Waals surface area contributed by atoms with Crippen molar-refractivity contribution in [1.29, 1.82) is 0 Å². The number of thiocarbonyl (C=S) groups is 1. The fourth-order valence-corrected chi connectivity index (χ4v) is 3.81. The maximum Gasteiger partial charge on any atom is 0.159 e. The van der Waals surface area contributed by atoms with E-state index in [2.05, 4.69) is 31.1 Å². The Morgan fingerprint density at radius 1 is 1.19 bits per heavy atom. The SMILES string of the molecule is CCOC(=S)CCCCN(CC)[Si](C)(C)C. The summed E-state index contributed by atoms with van der Waals surface area (Å²) in [5, 5.41) is 0.776. The van der Waals surface area contributed by atoms with Crippen LogP contribution in [0.2, 0.25) is 19.6 Å². The van der Waals surface area contributed by atoms with Gasteiger partial charge in [0.1, 0.15) is 8.24 Å². The first-order valence-electron chi connectivity index (χ1n) is 6.32. The Labute approximate surface area is 107 Å². The Balaban J connectivity index is 3.68. The Morgan fingerprint density at radius 2 is 1.81 bits per heavy atom. The van der Waals surface area contributed by atoms with Crippen molar-refractivity contribution >= 4 is 25.5 Å². The summed E-state index contributed by atoms with van der Waals surface area (Å²) in [5.41, 5.74) is 0. The highest BCUT2D eigenvalue weighted by atomic mass is 32.1. The predicted octanol–water partition coefficient (Wildman–Crippen LogP) is 3.68. The quantitative estimate of drug-likeness (QED) is 0.376. The molecule has 0 N–H and O–H groups in total. The lowest BCUT2D eigenvalue weighted by Gasteiger charge is -2.33. The summed E-state index contributed by atoms with van der Waals surface area (Å²) in [5.74, 6) is 0. The molecule has 96 valence electrons. The van der Waals surface area contributed by atoms with Crippen molar-refractivity contribution in [3.8, 4) is 0 Å². The average molecular weight is 262 g/mol. The molecule has 0 aliphatic rings. The van der Waals surface area contributed by atoms with Gasteiger partial charge in [-0.05, 0) is 45.1 Å². The molecule has 0 aliphatic heterocycles. The second-order valence-electron chi connectivity index (χ2n) is 5.01. The molecule has 0 spiro atoms. The molecule has 0 radical (unpaired) electrons. The van der Waals surface area contributed by atoms with E-state index >= 15 is 0 Å². The Kier molecular flexibility index (Phi) is 8.24. The minimum Gasteiger partial charge on any atom is -0.487 e. The molecule has 0 aromatic rings. The van der Waals surface area contributed by atoms with Crippen LogP contribution in [0.4, 0.5) is 0 Å². The molecule has 0 fully saturated rings. The fourth-order valence-electron chi connectivity index (χ4n) is 1.77. The van der Waals surface area contributed by atoms with E-state index in [0.29, 0.717) is 6.61 Å². The standard InChI is InChI=1S/C12H27NOSSi/c1-6-13(16(3,4)5)11-9-8-10-12(15)14-7-2/h6-11H2,1-5H3. The molecular weight excluding hydrogens is 234 g/mol. The van der Waals surface area contributed by atoms with Crippen LogP contribution in [0, 0.1) is 0 Å². The van der Waals surface area contributed by atoms with Crippen molar-refractivity contribution in [3.63, 3.8) is 0 Å². The van der Waals surface area contributed by atoms with E-state index in [1.807, 2.05) is 6.92 Å². The summed E-state index contributed by atoms with van der Waals surface area (Å²) in [6.45, 7) is 14.5. The third-order valence-electron chi connectivity index (χ3n) is 2.69. The van der Waals surface area contributed by atoms with E-state index in [-0.39, 0.29) is 0 Å². The first-order chi connectivity index (χ1) is 7.41. The average Bonchev–Trinajstić information content (AvgIpc) is 2.16. The van der Waals surface area contributed by atoms with Gasteiger partial charge in [0.25, 0.3) is 0 Å². The van der Waals surface area contributed by atoms with Crippen molar-refractivity contribution in [1.82, 2.24) is 4.57 Å². The third kappa shape index (κ3) is 7.36. The highest BCUT2D eigenvalue weighted by molar-refractivity contribution is 7.80. The molecule has 0 aromatic carbocycles.